The molecule has 0 unspecified atom stereocenters. The SMILES string of the molecule is CCc1ccc(N[C@@H]2NC(=O)/C(=C/c3cc(C)n(-c4ccc(C)c([N+](=O)[O-])c4)c3C)S2)cc1. The van der Waals surface area contributed by atoms with E-state index in [1.54, 1.807) is 19.1 Å². The van der Waals surface area contributed by atoms with E-state index < -0.39 is 0 Å². The van der Waals surface area contributed by atoms with E-state index in [0.717, 1.165) is 34.7 Å². The Kier molecular flexibility index (Phi) is 6.29. The van der Waals surface area contributed by atoms with Crippen LogP contribution < -0.4 is 10.6 Å². The number of rotatable bonds is 6. The van der Waals surface area contributed by atoms with E-state index in [4.69, 9.17) is 0 Å². The van der Waals surface area contributed by atoms with Gasteiger partial charge in [-0.15, -0.1) is 0 Å². The maximum Gasteiger partial charge on any atom is 0.274 e. The molecule has 0 radical (unpaired) electrons. The van der Waals surface area contributed by atoms with Gasteiger partial charge in [0.05, 0.1) is 15.5 Å². The van der Waals surface area contributed by atoms with Gasteiger partial charge in [0.25, 0.3) is 11.6 Å². The van der Waals surface area contributed by atoms with Crippen LogP contribution in [0.3, 0.4) is 0 Å². The summed E-state index contributed by atoms with van der Waals surface area (Å²) >= 11 is 1.44. The second kappa shape index (κ2) is 9.15. The van der Waals surface area contributed by atoms with Crippen molar-refractivity contribution in [3.63, 3.8) is 0 Å². The molecule has 8 heteroatoms. The molecule has 7 nitrogen and oxygen atoms in total. The van der Waals surface area contributed by atoms with Crippen molar-refractivity contribution in [1.82, 2.24) is 9.88 Å². The van der Waals surface area contributed by atoms with Gasteiger partial charge in [0.2, 0.25) is 0 Å². The van der Waals surface area contributed by atoms with Crippen molar-refractivity contribution in [3.05, 3.63) is 91.6 Å². The van der Waals surface area contributed by atoms with Crippen LogP contribution in [0.2, 0.25) is 0 Å². The first-order valence-corrected chi connectivity index (χ1v) is 11.6. The molecule has 1 aliphatic rings. The minimum atomic E-state index is -0.363. The van der Waals surface area contributed by atoms with E-state index in [1.165, 1.54) is 17.3 Å². The zero-order valence-corrected chi connectivity index (χ0v) is 19.8. The molecule has 33 heavy (non-hydrogen) atoms. The maximum absolute atomic E-state index is 12.6. The minimum Gasteiger partial charge on any atom is -0.357 e. The van der Waals surface area contributed by atoms with Crippen molar-refractivity contribution in [2.75, 3.05) is 5.32 Å². The van der Waals surface area contributed by atoms with Gasteiger partial charge in [0.1, 0.15) is 0 Å². The molecule has 1 aliphatic heterocycles. The van der Waals surface area contributed by atoms with Crippen LogP contribution in [0.15, 0.2) is 53.4 Å². The summed E-state index contributed by atoms with van der Waals surface area (Å²) in [4.78, 5) is 24.2. The molecule has 1 atom stereocenters. The molecule has 0 bridgehead atoms. The van der Waals surface area contributed by atoms with Gasteiger partial charge in [0, 0.05) is 28.7 Å². The average Bonchev–Trinajstić information content (AvgIpc) is 3.26. The van der Waals surface area contributed by atoms with E-state index in [0.29, 0.717) is 10.5 Å². The van der Waals surface area contributed by atoms with Crippen molar-refractivity contribution in [3.8, 4) is 5.69 Å². The number of nitro benzene ring substituents is 1. The van der Waals surface area contributed by atoms with Gasteiger partial charge in [0.15, 0.2) is 5.50 Å². The number of carbonyl (C=O) groups excluding carboxylic acids is 1. The highest BCUT2D eigenvalue weighted by atomic mass is 32.2. The van der Waals surface area contributed by atoms with Crippen LogP contribution >= 0.6 is 11.8 Å². The van der Waals surface area contributed by atoms with Crippen molar-refractivity contribution in [2.45, 2.75) is 39.6 Å². The Morgan fingerprint density at radius 1 is 1.15 bits per heavy atom. The van der Waals surface area contributed by atoms with Crippen molar-refractivity contribution >= 4 is 35.1 Å². The Hall–Kier alpha value is -3.52. The maximum atomic E-state index is 12.6. The number of carbonyl (C=O) groups is 1. The number of nitro groups is 1. The van der Waals surface area contributed by atoms with Crippen LogP contribution in [0.5, 0.6) is 0 Å². The van der Waals surface area contributed by atoms with E-state index in [-0.39, 0.29) is 22.0 Å². The first-order chi connectivity index (χ1) is 15.8. The van der Waals surface area contributed by atoms with Crippen LogP contribution in [0.25, 0.3) is 11.8 Å². The molecule has 170 valence electrons. The Morgan fingerprint density at radius 2 is 1.88 bits per heavy atom. The Bertz CT molecular complexity index is 1260. The fourth-order valence-corrected chi connectivity index (χ4v) is 4.94. The van der Waals surface area contributed by atoms with E-state index in [9.17, 15) is 14.9 Å². The second-order valence-electron chi connectivity index (χ2n) is 8.06. The minimum absolute atomic E-state index is 0.0894. The Balaban J connectivity index is 1.58. The molecular weight excluding hydrogens is 436 g/mol. The van der Waals surface area contributed by atoms with Crippen LogP contribution in [0.4, 0.5) is 11.4 Å². The number of hydrogen-bond acceptors (Lipinski definition) is 5. The molecule has 2 heterocycles. The van der Waals surface area contributed by atoms with Crippen LogP contribution in [0.1, 0.15) is 35.0 Å². The summed E-state index contributed by atoms with van der Waals surface area (Å²) < 4.78 is 1.97. The molecule has 2 N–H and O–H groups in total. The normalized spacial score (nSPS) is 16.8. The molecule has 0 spiro atoms. The van der Waals surface area contributed by atoms with Gasteiger partial charge in [-0.3, -0.25) is 14.9 Å². The van der Waals surface area contributed by atoms with Gasteiger partial charge in [-0.2, -0.15) is 0 Å². The molecule has 0 saturated carbocycles. The summed E-state index contributed by atoms with van der Waals surface area (Å²) in [6.45, 7) is 7.75. The highest BCUT2D eigenvalue weighted by Gasteiger charge is 2.27. The third-order valence-electron chi connectivity index (χ3n) is 5.80. The fourth-order valence-electron chi connectivity index (χ4n) is 3.96. The number of thioether (sulfide) groups is 1. The summed E-state index contributed by atoms with van der Waals surface area (Å²) in [5, 5.41) is 17.7. The van der Waals surface area contributed by atoms with Gasteiger partial charge in [-0.05, 0) is 68.7 Å². The lowest BCUT2D eigenvalue weighted by atomic mass is 10.1. The summed E-state index contributed by atoms with van der Waals surface area (Å²) in [5.41, 5.74) is 6.15. The molecule has 4 rings (SSSR count). The number of anilines is 1. The molecule has 1 aromatic heterocycles. The second-order valence-corrected chi connectivity index (χ2v) is 9.21. The lowest BCUT2D eigenvalue weighted by Crippen LogP contribution is -2.30. The molecule has 1 saturated heterocycles. The van der Waals surface area contributed by atoms with Crippen LogP contribution in [-0.2, 0) is 11.2 Å². The van der Waals surface area contributed by atoms with E-state index in [2.05, 4.69) is 29.7 Å². The summed E-state index contributed by atoms with van der Waals surface area (Å²) in [6.07, 6.45) is 2.86. The lowest BCUT2D eigenvalue weighted by molar-refractivity contribution is -0.385. The first-order valence-electron chi connectivity index (χ1n) is 10.8. The lowest BCUT2D eigenvalue weighted by Gasteiger charge is -2.12. The van der Waals surface area contributed by atoms with Gasteiger partial charge in [-0.1, -0.05) is 36.9 Å². The number of nitrogens with one attached hydrogen (secondary N) is 2. The van der Waals surface area contributed by atoms with Gasteiger partial charge in [-0.25, -0.2) is 0 Å². The van der Waals surface area contributed by atoms with Crippen molar-refractivity contribution in [2.24, 2.45) is 0 Å². The molecule has 1 amide bonds. The molecular formula is C25H26N4O3S. The fraction of sp³-hybridized carbons (Fsp3) is 0.240. The van der Waals surface area contributed by atoms with Gasteiger partial charge >= 0.3 is 0 Å². The van der Waals surface area contributed by atoms with Crippen molar-refractivity contribution < 1.29 is 9.72 Å². The number of nitrogens with zero attached hydrogens (tertiary/aromatic N) is 2. The zero-order valence-electron chi connectivity index (χ0n) is 19.0. The predicted molar refractivity (Wildman–Crippen MR) is 134 cm³/mol. The summed E-state index contributed by atoms with van der Waals surface area (Å²) in [7, 11) is 0. The number of benzene rings is 2. The third kappa shape index (κ3) is 4.66. The largest absolute Gasteiger partial charge is 0.357 e. The standard InChI is InChI=1S/C25H26N4O3S/c1-5-18-7-9-20(10-8-18)26-25-27-24(30)23(33-25)13-19-12-16(3)28(17(19)4)21-11-6-15(2)22(14-21)29(31)32/h6-14,25-26H,5H2,1-4H3,(H,27,30)/b23-13-/t25-/m1/s1. The molecule has 3 aromatic rings. The highest BCUT2D eigenvalue weighted by Crippen LogP contribution is 2.33. The molecule has 0 aliphatic carbocycles. The number of hydrogen-bond donors (Lipinski definition) is 2. The number of amides is 1. The molecule has 2 aromatic carbocycles. The quantitative estimate of drug-likeness (QED) is 0.288. The topological polar surface area (TPSA) is 89.2 Å². The monoisotopic (exact) mass is 462 g/mol. The third-order valence-corrected chi connectivity index (χ3v) is 6.82. The van der Waals surface area contributed by atoms with Gasteiger partial charge < -0.3 is 15.2 Å². The zero-order chi connectivity index (χ0) is 23.7. The molecule has 1 fully saturated rings. The predicted octanol–water partition coefficient (Wildman–Crippen LogP) is 5.47. The van der Waals surface area contributed by atoms with E-state index in [1.807, 2.05) is 48.8 Å². The van der Waals surface area contributed by atoms with Crippen molar-refractivity contribution in [1.29, 1.82) is 0 Å². The van der Waals surface area contributed by atoms with Crippen LogP contribution in [-0.4, -0.2) is 20.9 Å². The summed E-state index contributed by atoms with van der Waals surface area (Å²) in [5.74, 6) is -0.126. The van der Waals surface area contributed by atoms with Crippen LogP contribution in [0, 0.1) is 30.9 Å². The number of aryl methyl sites for hydroxylation is 3. The smallest absolute Gasteiger partial charge is 0.274 e. The first kappa shape index (κ1) is 22.7. The Morgan fingerprint density at radius 3 is 2.55 bits per heavy atom. The highest BCUT2D eigenvalue weighted by molar-refractivity contribution is 8.05. The average molecular weight is 463 g/mol. The number of aromatic nitrogens is 1. The Labute approximate surface area is 197 Å². The summed E-state index contributed by atoms with van der Waals surface area (Å²) in [6, 6.07) is 15.4. The van der Waals surface area contributed by atoms with E-state index >= 15 is 0 Å².